The third-order valence-electron chi connectivity index (χ3n) is 6.67. The predicted molar refractivity (Wildman–Crippen MR) is 139 cm³/mol. The van der Waals surface area contributed by atoms with Crippen LogP contribution in [0.5, 0.6) is 0 Å². The zero-order valence-electron chi connectivity index (χ0n) is 22.0. The Morgan fingerprint density at radius 3 is 1.60 bits per heavy atom. The van der Waals surface area contributed by atoms with Gasteiger partial charge < -0.3 is 34.2 Å². The molecule has 1 heterocycles. The molecule has 1 unspecified atom stereocenters. The third kappa shape index (κ3) is 16.4. The highest BCUT2D eigenvalue weighted by molar-refractivity contribution is 7.52. The van der Waals surface area contributed by atoms with E-state index in [0.717, 1.165) is 19.4 Å². The fourth-order valence-corrected chi connectivity index (χ4v) is 5.70. The van der Waals surface area contributed by atoms with Crippen molar-refractivity contribution in [1.82, 2.24) is 0 Å². The van der Waals surface area contributed by atoms with Crippen molar-refractivity contribution in [1.29, 1.82) is 0 Å². The van der Waals surface area contributed by atoms with Crippen LogP contribution >= 0.6 is 7.60 Å². The van der Waals surface area contributed by atoms with E-state index < -0.39 is 44.8 Å². The first-order valence-corrected chi connectivity index (χ1v) is 15.8. The summed E-state index contributed by atoms with van der Waals surface area (Å²) in [5.74, 6) is 0. The summed E-state index contributed by atoms with van der Waals surface area (Å²) in [6.45, 7) is 3.27. The van der Waals surface area contributed by atoms with E-state index in [2.05, 4.69) is 6.92 Å². The van der Waals surface area contributed by atoms with Gasteiger partial charge in [-0.2, -0.15) is 0 Å². The maximum atomic E-state index is 12.2. The highest BCUT2D eigenvalue weighted by Gasteiger charge is 2.45. The lowest BCUT2D eigenvalue weighted by molar-refractivity contribution is -0.0175. The van der Waals surface area contributed by atoms with Gasteiger partial charge in [0.05, 0.1) is 25.5 Å². The van der Waals surface area contributed by atoms with E-state index in [4.69, 9.17) is 19.1 Å². The molecule has 1 aliphatic heterocycles. The minimum absolute atomic E-state index is 0.116. The third-order valence-corrected chi connectivity index (χ3v) is 8.08. The van der Waals surface area contributed by atoms with Gasteiger partial charge in [-0.3, -0.25) is 4.57 Å². The van der Waals surface area contributed by atoms with Gasteiger partial charge in [-0.25, -0.2) is 0 Å². The van der Waals surface area contributed by atoms with E-state index in [1.165, 1.54) is 83.5 Å². The van der Waals surface area contributed by atoms with E-state index in [0.29, 0.717) is 13.0 Å². The van der Waals surface area contributed by atoms with Crippen molar-refractivity contribution in [3.63, 3.8) is 0 Å². The molecule has 1 saturated heterocycles. The second-order valence-electron chi connectivity index (χ2n) is 9.95. The zero-order chi connectivity index (χ0) is 25.8. The van der Waals surface area contributed by atoms with Crippen LogP contribution in [0.4, 0.5) is 0 Å². The Bertz CT molecular complexity index is 535. The van der Waals surface area contributed by atoms with E-state index in [1.54, 1.807) is 0 Å². The monoisotopic (exact) mass is 524 g/mol. The number of hydrogen-bond acceptors (Lipinski definition) is 7. The van der Waals surface area contributed by atoms with E-state index in [9.17, 15) is 19.7 Å². The molecule has 5 atom stereocenters. The number of rotatable bonds is 24. The normalized spacial score (nSPS) is 24.1. The fourth-order valence-electron chi connectivity index (χ4n) is 4.42. The Morgan fingerprint density at radius 1 is 0.686 bits per heavy atom. The Morgan fingerprint density at radius 2 is 1.11 bits per heavy atom. The highest BCUT2D eigenvalue weighted by Crippen LogP contribution is 2.45. The van der Waals surface area contributed by atoms with Crippen LogP contribution in [0.1, 0.15) is 110 Å². The van der Waals surface area contributed by atoms with Gasteiger partial charge in [0.2, 0.25) is 0 Å². The maximum Gasteiger partial charge on any atom is 0.330 e. The van der Waals surface area contributed by atoms with Gasteiger partial charge in [0.25, 0.3) is 0 Å². The fraction of sp³-hybridized carbons (Fsp3) is 1.00. The first kappa shape index (κ1) is 33.0. The molecule has 9 heteroatoms. The van der Waals surface area contributed by atoms with Gasteiger partial charge in [0.15, 0.2) is 0 Å². The van der Waals surface area contributed by atoms with Gasteiger partial charge in [0.1, 0.15) is 18.3 Å². The van der Waals surface area contributed by atoms with Crippen molar-refractivity contribution in [2.75, 3.05) is 32.6 Å². The molecule has 0 radical (unpaired) electrons. The number of unbranched alkanes of at least 4 members (excludes halogenated alkanes) is 14. The molecule has 1 rings (SSSR count). The van der Waals surface area contributed by atoms with E-state index in [1.807, 2.05) is 0 Å². The van der Waals surface area contributed by atoms with Crippen molar-refractivity contribution in [3.8, 4) is 0 Å². The summed E-state index contributed by atoms with van der Waals surface area (Å²) in [7, 11) is -3.95. The molecule has 0 aliphatic carbocycles. The topological polar surface area (TPSA) is 126 Å². The molecule has 1 aliphatic rings. The van der Waals surface area contributed by atoms with Gasteiger partial charge in [-0.15, -0.1) is 0 Å². The Labute approximate surface area is 213 Å². The van der Waals surface area contributed by atoms with Crippen LogP contribution in [-0.2, 0) is 18.6 Å². The quantitative estimate of drug-likeness (QED) is 0.103. The lowest BCUT2D eigenvalue weighted by atomic mass is 10.0. The summed E-state index contributed by atoms with van der Waals surface area (Å²) in [4.78, 5) is 9.96. The van der Waals surface area contributed by atoms with Crippen LogP contribution in [0, 0.1) is 0 Å². The summed E-state index contributed by atoms with van der Waals surface area (Å²) in [5.41, 5.74) is 0. The van der Waals surface area contributed by atoms with Crippen LogP contribution in [0.3, 0.4) is 0 Å². The van der Waals surface area contributed by atoms with E-state index >= 15 is 0 Å². The SMILES string of the molecule is CCCCCCCCCCCCCCCCOCCCCOP(=O)(O)C[C@@H]1O[C@H](CO)[C@@H](O)[C@@H]1O. The molecule has 4 N–H and O–H groups in total. The zero-order valence-corrected chi connectivity index (χ0v) is 22.9. The second kappa shape index (κ2) is 20.9. The highest BCUT2D eigenvalue weighted by atomic mass is 31.2. The predicted octanol–water partition coefficient (Wildman–Crippen LogP) is 4.95. The molecule has 0 aromatic carbocycles. The molecule has 0 amide bonds. The lowest BCUT2D eigenvalue weighted by Gasteiger charge is -2.18. The largest absolute Gasteiger partial charge is 0.394 e. The summed E-state index contributed by atoms with van der Waals surface area (Å²) in [6.07, 6.45) is 15.1. The first-order valence-electron chi connectivity index (χ1n) is 14.1. The molecule has 35 heavy (non-hydrogen) atoms. The molecular formula is C26H53O8P. The van der Waals surface area contributed by atoms with Gasteiger partial charge in [-0.1, -0.05) is 90.4 Å². The minimum atomic E-state index is -3.95. The van der Waals surface area contributed by atoms with Crippen LogP contribution in [0.2, 0.25) is 0 Å². The van der Waals surface area contributed by atoms with Gasteiger partial charge >= 0.3 is 7.60 Å². The molecule has 210 valence electrons. The van der Waals surface area contributed by atoms with Crippen molar-refractivity contribution < 1.29 is 38.8 Å². The van der Waals surface area contributed by atoms with Crippen molar-refractivity contribution in [2.24, 2.45) is 0 Å². The average molecular weight is 525 g/mol. The lowest BCUT2D eigenvalue weighted by Crippen LogP contribution is -2.34. The smallest absolute Gasteiger partial charge is 0.330 e. The Kier molecular flexibility index (Phi) is 19.7. The summed E-state index contributed by atoms with van der Waals surface area (Å²) in [6, 6.07) is 0. The second-order valence-corrected chi connectivity index (χ2v) is 11.8. The molecule has 0 saturated carbocycles. The molecule has 0 spiro atoms. The van der Waals surface area contributed by atoms with Crippen molar-refractivity contribution in [3.05, 3.63) is 0 Å². The average Bonchev–Trinajstić information content (AvgIpc) is 3.10. The van der Waals surface area contributed by atoms with Crippen LogP contribution in [0.15, 0.2) is 0 Å². The van der Waals surface area contributed by atoms with Crippen LogP contribution in [0.25, 0.3) is 0 Å². The van der Waals surface area contributed by atoms with Gasteiger partial charge in [-0.05, 0) is 19.3 Å². The Hall–Kier alpha value is -0.0500. The van der Waals surface area contributed by atoms with Crippen molar-refractivity contribution >= 4 is 7.60 Å². The molecular weight excluding hydrogens is 471 g/mol. The van der Waals surface area contributed by atoms with Crippen LogP contribution < -0.4 is 0 Å². The van der Waals surface area contributed by atoms with E-state index in [-0.39, 0.29) is 6.61 Å². The van der Waals surface area contributed by atoms with Crippen LogP contribution in [-0.4, -0.2) is 77.2 Å². The van der Waals surface area contributed by atoms with Gasteiger partial charge in [0, 0.05) is 13.2 Å². The number of hydrogen-bond donors (Lipinski definition) is 4. The molecule has 0 aromatic rings. The number of ether oxygens (including phenoxy) is 2. The number of aliphatic hydroxyl groups is 3. The molecule has 0 aromatic heterocycles. The minimum Gasteiger partial charge on any atom is -0.394 e. The molecule has 0 bridgehead atoms. The van der Waals surface area contributed by atoms with Crippen molar-refractivity contribution in [2.45, 2.75) is 134 Å². The first-order chi connectivity index (χ1) is 16.9. The molecule has 1 fully saturated rings. The maximum absolute atomic E-state index is 12.2. The number of aliphatic hydroxyl groups excluding tert-OH is 3. The standard InChI is InChI=1S/C26H53O8P/c1-2-3-4-5-6-7-8-9-10-11-12-13-14-15-18-32-19-16-17-20-33-35(30,31)22-24-26(29)25(28)23(21-27)34-24/h23-29H,2-22H2,1H3,(H,30,31)/t23-,24+,25-,26-/m1/s1. The Balaban J connectivity index is 1.84. The summed E-state index contributed by atoms with van der Waals surface area (Å²) in [5, 5.41) is 28.7. The molecule has 8 nitrogen and oxygen atoms in total. The summed E-state index contributed by atoms with van der Waals surface area (Å²) < 4.78 is 28.1. The summed E-state index contributed by atoms with van der Waals surface area (Å²) >= 11 is 0.